The van der Waals surface area contributed by atoms with Crippen molar-refractivity contribution in [1.82, 2.24) is 25.3 Å². The van der Waals surface area contributed by atoms with E-state index in [0.717, 1.165) is 0 Å². The van der Waals surface area contributed by atoms with E-state index in [1.165, 1.54) is 6.92 Å². The molecule has 1 N–H and O–H groups in total. The van der Waals surface area contributed by atoms with Crippen molar-refractivity contribution in [2.45, 2.75) is 26.5 Å². The number of aryl methyl sites for hydroxylation is 1. The monoisotopic (exact) mass is 345 g/mol. The van der Waals surface area contributed by atoms with Gasteiger partial charge in [0.15, 0.2) is 5.82 Å². The molecule has 3 heterocycles. The van der Waals surface area contributed by atoms with Gasteiger partial charge in [-0.15, -0.1) is 0 Å². The second-order valence-corrected chi connectivity index (χ2v) is 5.75. The number of carbonyl (C=O) groups is 2. The van der Waals surface area contributed by atoms with Crippen LogP contribution in [0, 0.1) is 6.92 Å². The maximum absolute atomic E-state index is 12.0. The Bertz CT molecular complexity index is 775. The Morgan fingerprint density at radius 3 is 3.00 bits per heavy atom. The molecule has 0 saturated carbocycles. The SMILES string of the molecule is CC(=O)N1CCO[C@H](c2nccc(CNC(=O)c3cc(C)no3)n2)C1. The Morgan fingerprint density at radius 1 is 1.44 bits per heavy atom. The summed E-state index contributed by atoms with van der Waals surface area (Å²) >= 11 is 0. The average Bonchev–Trinajstić information content (AvgIpc) is 3.06. The summed E-state index contributed by atoms with van der Waals surface area (Å²) in [6.45, 7) is 4.92. The van der Waals surface area contributed by atoms with E-state index in [2.05, 4.69) is 20.4 Å². The highest BCUT2D eigenvalue weighted by molar-refractivity contribution is 5.91. The highest BCUT2D eigenvalue weighted by Crippen LogP contribution is 2.19. The van der Waals surface area contributed by atoms with Crippen molar-refractivity contribution in [1.29, 1.82) is 0 Å². The van der Waals surface area contributed by atoms with Crippen molar-refractivity contribution < 1.29 is 18.8 Å². The highest BCUT2D eigenvalue weighted by Gasteiger charge is 2.25. The quantitative estimate of drug-likeness (QED) is 0.865. The average molecular weight is 345 g/mol. The van der Waals surface area contributed by atoms with Gasteiger partial charge in [0, 0.05) is 25.7 Å². The number of hydrogen-bond donors (Lipinski definition) is 1. The largest absolute Gasteiger partial charge is 0.367 e. The van der Waals surface area contributed by atoms with Gasteiger partial charge in [-0.25, -0.2) is 9.97 Å². The molecule has 25 heavy (non-hydrogen) atoms. The molecule has 1 aliphatic heterocycles. The number of hydrogen-bond acceptors (Lipinski definition) is 7. The van der Waals surface area contributed by atoms with Gasteiger partial charge < -0.3 is 19.5 Å². The zero-order valence-electron chi connectivity index (χ0n) is 14.1. The maximum Gasteiger partial charge on any atom is 0.290 e. The van der Waals surface area contributed by atoms with Crippen molar-refractivity contribution in [2.75, 3.05) is 19.7 Å². The molecular formula is C16H19N5O4. The van der Waals surface area contributed by atoms with Gasteiger partial charge in [-0.05, 0) is 13.0 Å². The standard InChI is InChI=1S/C16H19N5O4/c1-10-7-13(25-20-10)16(23)18-8-12-3-4-17-15(19-12)14-9-21(11(2)22)5-6-24-14/h3-4,7,14H,5-6,8-9H2,1-2H3,(H,18,23)/t14-/m0/s1. The molecule has 0 aromatic carbocycles. The summed E-state index contributed by atoms with van der Waals surface area (Å²) in [5, 5.41) is 6.40. The van der Waals surface area contributed by atoms with Crippen LogP contribution >= 0.6 is 0 Å². The summed E-state index contributed by atoms with van der Waals surface area (Å²) in [5.41, 5.74) is 1.28. The summed E-state index contributed by atoms with van der Waals surface area (Å²) in [4.78, 5) is 33.9. The van der Waals surface area contributed by atoms with Crippen molar-refractivity contribution in [2.24, 2.45) is 0 Å². The molecule has 0 radical (unpaired) electrons. The topological polar surface area (TPSA) is 110 Å². The fourth-order valence-electron chi connectivity index (χ4n) is 2.49. The molecular weight excluding hydrogens is 326 g/mol. The fourth-order valence-corrected chi connectivity index (χ4v) is 2.49. The molecule has 1 saturated heterocycles. The van der Waals surface area contributed by atoms with Gasteiger partial charge in [0.25, 0.3) is 5.91 Å². The molecule has 9 heteroatoms. The minimum atomic E-state index is -0.370. The third kappa shape index (κ3) is 4.18. The Hall–Kier alpha value is -2.81. The summed E-state index contributed by atoms with van der Waals surface area (Å²) in [6.07, 6.45) is 1.24. The summed E-state index contributed by atoms with van der Waals surface area (Å²) < 4.78 is 10.6. The predicted octanol–water partition coefficient (Wildman–Crippen LogP) is 0.623. The van der Waals surface area contributed by atoms with Crippen LogP contribution in [-0.2, 0) is 16.1 Å². The first-order valence-corrected chi connectivity index (χ1v) is 7.93. The number of ether oxygens (including phenoxy) is 1. The number of carbonyl (C=O) groups excluding carboxylic acids is 2. The first-order chi connectivity index (χ1) is 12.0. The Labute approximate surface area is 144 Å². The van der Waals surface area contributed by atoms with Crippen LogP contribution in [0.5, 0.6) is 0 Å². The summed E-state index contributed by atoms with van der Waals surface area (Å²) in [7, 11) is 0. The van der Waals surface area contributed by atoms with Gasteiger partial charge in [0.2, 0.25) is 11.7 Å². The van der Waals surface area contributed by atoms with E-state index < -0.39 is 0 Å². The van der Waals surface area contributed by atoms with E-state index in [-0.39, 0.29) is 30.2 Å². The third-order valence-corrected chi connectivity index (χ3v) is 3.81. The lowest BCUT2D eigenvalue weighted by atomic mass is 10.2. The lowest BCUT2D eigenvalue weighted by Gasteiger charge is -2.31. The van der Waals surface area contributed by atoms with Crippen LogP contribution in [0.25, 0.3) is 0 Å². The number of morpholine rings is 1. The molecule has 1 fully saturated rings. The Kier molecular flexibility index (Phi) is 5.03. The van der Waals surface area contributed by atoms with E-state index in [1.54, 1.807) is 30.2 Å². The van der Waals surface area contributed by atoms with E-state index in [9.17, 15) is 9.59 Å². The van der Waals surface area contributed by atoms with Crippen LogP contribution in [0.2, 0.25) is 0 Å². The number of nitrogens with zero attached hydrogens (tertiary/aromatic N) is 4. The number of nitrogens with one attached hydrogen (secondary N) is 1. The van der Waals surface area contributed by atoms with E-state index in [0.29, 0.717) is 36.9 Å². The summed E-state index contributed by atoms with van der Waals surface area (Å²) in [5.74, 6) is 0.282. The lowest BCUT2D eigenvalue weighted by Crippen LogP contribution is -2.41. The molecule has 0 bridgehead atoms. The normalized spacial score (nSPS) is 17.4. The minimum Gasteiger partial charge on any atom is -0.367 e. The first kappa shape index (κ1) is 17.0. The maximum atomic E-state index is 12.0. The molecule has 3 rings (SSSR count). The molecule has 2 aromatic heterocycles. The third-order valence-electron chi connectivity index (χ3n) is 3.81. The fraction of sp³-hybridized carbons (Fsp3) is 0.438. The number of rotatable bonds is 4. The van der Waals surface area contributed by atoms with Gasteiger partial charge in [0.05, 0.1) is 31.1 Å². The smallest absolute Gasteiger partial charge is 0.290 e. The molecule has 2 amide bonds. The highest BCUT2D eigenvalue weighted by atomic mass is 16.5. The van der Waals surface area contributed by atoms with Gasteiger partial charge in [0.1, 0.15) is 6.10 Å². The summed E-state index contributed by atoms with van der Waals surface area (Å²) in [6, 6.07) is 3.27. The Balaban J connectivity index is 1.63. The second-order valence-electron chi connectivity index (χ2n) is 5.75. The zero-order chi connectivity index (χ0) is 17.8. The molecule has 1 aliphatic rings. The van der Waals surface area contributed by atoms with Gasteiger partial charge in [-0.1, -0.05) is 5.16 Å². The number of aromatic nitrogens is 3. The lowest BCUT2D eigenvalue weighted by molar-refractivity contribution is -0.136. The van der Waals surface area contributed by atoms with E-state index >= 15 is 0 Å². The molecule has 0 unspecified atom stereocenters. The Morgan fingerprint density at radius 2 is 2.28 bits per heavy atom. The van der Waals surface area contributed by atoms with Crippen LogP contribution < -0.4 is 5.32 Å². The molecule has 132 valence electrons. The van der Waals surface area contributed by atoms with Crippen molar-refractivity contribution >= 4 is 11.8 Å². The molecule has 0 aliphatic carbocycles. The van der Waals surface area contributed by atoms with Crippen LogP contribution in [0.1, 0.15) is 40.8 Å². The first-order valence-electron chi connectivity index (χ1n) is 7.93. The van der Waals surface area contributed by atoms with Crippen molar-refractivity contribution in [3.05, 3.63) is 41.3 Å². The molecule has 2 aromatic rings. The van der Waals surface area contributed by atoms with Gasteiger partial charge in [-0.2, -0.15) is 0 Å². The minimum absolute atomic E-state index is 0.000862. The second kappa shape index (κ2) is 7.39. The number of amides is 2. The molecule has 9 nitrogen and oxygen atoms in total. The van der Waals surface area contributed by atoms with Crippen molar-refractivity contribution in [3.63, 3.8) is 0 Å². The zero-order valence-corrected chi connectivity index (χ0v) is 14.1. The van der Waals surface area contributed by atoms with Gasteiger partial charge in [-0.3, -0.25) is 9.59 Å². The van der Waals surface area contributed by atoms with E-state index in [1.807, 2.05) is 0 Å². The van der Waals surface area contributed by atoms with Crippen LogP contribution in [0.3, 0.4) is 0 Å². The predicted molar refractivity (Wildman–Crippen MR) is 85.4 cm³/mol. The van der Waals surface area contributed by atoms with E-state index in [4.69, 9.17) is 9.26 Å². The molecule has 1 atom stereocenters. The van der Waals surface area contributed by atoms with Crippen LogP contribution in [-0.4, -0.2) is 51.5 Å². The van der Waals surface area contributed by atoms with Crippen LogP contribution in [0.4, 0.5) is 0 Å². The van der Waals surface area contributed by atoms with Gasteiger partial charge >= 0.3 is 0 Å². The van der Waals surface area contributed by atoms with Crippen LogP contribution in [0.15, 0.2) is 22.9 Å². The van der Waals surface area contributed by atoms with Crippen molar-refractivity contribution in [3.8, 4) is 0 Å². The molecule has 0 spiro atoms.